The fraction of sp³-hybridized carbons (Fsp3) is 0.773. The Morgan fingerprint density at radius 3 is 2.29 bits per heavy atom. The molecule has 0 aromatic carbocycles. The van der Waals surface area contributed by atoms with E-state index >= 15 is 0 Å². The quantitative estimate of drug-likeness (QED) is 0.0988. The van der Waals surface area contributed by atoms with Gasteiger partial charge in [0.1, 0.15) is 12.7 Å². The summed E-state index contributed by atoms with van der Waals surface area (Å²) in [5.41, 5.74) is 5.16. The third-order valence-electron chi connectivity index (χ3n) is 4.32. The molecule has 8 nitrogen and oxygen atoms in total. The van der Waals surface area contributed by atoms with Gasteiger partial charge in [-0.15, -0.1) is 0 Å². The molecule has 0 aromatic heterocycles. The zero-order valence-corrected chi connectivity index (χ0v) is 19.8. The van der Waals surface area contributed by atoms with Crippen molar-refractivity contribution in [2.24, 2.45) is 5.73 Å². The maximum Gasteiger partial charge on any atom is 0.472 e. The summed E-state index contributed by atoms with van der Waals surface area (Å²) < 4.78 is 25.5. The van der Waals surface area contributed by atoms with Gasteiger partial charge in [-0.25, -0.2) is 4.57 Å². The van der Waals surface area contributed by atoms with E-state index in [4.69, 9.17) is 10.5 Å². The van der Waals surface area contributed by atoms with Crippen molar-refractivity contribution in [3.05, 3.63) is 24.3 Å². The molecular formula is C22H42NO7P. The van der Waals surface area contributed by atoms with Gasteiger partial charge in [-0.05, 0) is 32.1 Å². The monoisotopic (exact) mass is 463 g/mol. The fourth-order valence-corrected chi connectivity index (χ4v) is 3.36. The molecule has 0 aliphatic carbocycles. The largest absolute Gasteiger partial charge is 0.472 e. The van der Waals surface area contributed by atoms with E-state index in [1.54, 1.807) is 0 Å². The van der Waals surface area contributed by atoms with Crippen LogP contribution in [0.4, 0.5) is 0 Å². The summed E-state index contributed by atoms with van der Waals surface area (Å²) in [6.45, 7) is 1.37. The highest BCUT2D eigenvalue weighted by Crippen LogP contribution is 2.42. The molecule has 182 valence electrons. The van der Waals surface area contributed by atoms with Gasteiger partial charge in [-0.3, -0.25) is 13.8 Å². The van der Waals surface area contributed by atoms with E-state index < -0.39 is 26.5 Å². The number of phosphoric acid groups is 1. The number of unbranched alkanes of at least 4 members (excludes halogenated alkanes) is 7. The number of phosphoric ester groups is 1. The number of hydrogen-bond acceptors (Lipinski definition) is 7. The highest BCUT2D eigenvalue weighted by molar-refractivity contribution is 7.47. The van der Waals surface area contributed by atoms with Crippen molar-refractivity contribution < 1.29 is 33.1 Å². The zero-order valence-electron chi connectivity index (χ0n) is 19.0. The molecule has 0 spiro atoms. The molecule has 0 heterocycles. The smallest absolute Gasteiger partial charge is 0.463 e. The van der Waals surface area contributed by atoms with Gasteiger partial charge in [0.15, 0.2) is 0 Å². The van der Waals surface area contributed by atoms with Gasteiger partial charge in [0, 0.05) is 13.0 Å². The predicted octanol–water partition coefficient (Wildman–Crippen LogP) is 4.41. The highest BCUT2D eigenvalue weighted by Gasteiger charge is 2.22. The lowest BCUT2D eigenvalue weighted by Crippen LogP contribution is -2.23. The summed E-state index contributed by atoms with van der Waals surface area (Å²) in [7, 11) is -4.24. The number of allylic oxidation sites excluding steroid dienone is 4. The number of esters is 1. The first kappa shape index (κ1) is 30.0. The maximum absolute atomic E-state index is 11.7. The average Bonchev–Trinajstić information content (AvgIpc) is 2.75. The van der Waals surface area contributed by atoms with Crippen LogP contribution < -0.4 is 5.73 Å². The van der Waals surface area contributed by atoms with Gasteiger partial charge in [-0.2, -0.15) is 0 Å². The van der Waals surface area contributed by atoms with Gasteiger partial charge in [0.05, 0.1) is 13.2 Å². The van der Waals surface area contributed by atoms with Gasteiger partial charge >= 0.3 is 13.8 Å². The van der Waals surface area contributed by atoms with Crippen molar-refractivity contribution in [2.75, 3.05) is 26.4 Å². The second kappa shape index (κ2) is 20.9. The Kier molecular flexibility index (Phi) is 20.2. The van der Waals surface area contributed by atoms with Crippen molar-refractivity contribution >= 4 is 13.8 Å². The van der Waals surface area contributed by atoms with Crippen LogP contribution in [0.1, 0.15) is 77.6 Å². The Morgan fingerprint density at radius 1 is 0.968 bits per heavy atom. The summed E-state index contributed by atoms with van der Waals surface area (Å²) in [4.78, 5) is 21.0. The number of carbonyl (C=O) groups excluding carboxylic acids is 1. The molecule has 31 heavy (non-hydrogen) atoms. The van der Waals surface area contributed by atoms with Crippen LogP contribution in [-0.2, 0) is 23.1 Å². The minimum Gasteiger partial charge on any atom is -0.463 e. The minimum absolute atomic E-state index is 0.0716. The molecule has 0 aromatic rings. The Morgan fingerprint density at radius 2 is 1.61 bits per heavy atom. The predicted molar refractivity (Wildman–Crippen MR) is 122 cm³/mol. The van der Waals surface area contributed by atoms with Crippen LogP contribution in [0.25, 0.3) is 0 Å². The summed E-state index contributed by atoms with van der Waals surface area (Å²) in [5.74, 6) is -0.402. The van der Waals surface area contributed by atoms with E-state index in [1.807, 2.05) is 0 Å². The Hall–Kier alpha value is -1.02. The normalized spacial score (nSPS) is 14.8. The Balaban J connectivity index is 3.55. The van der Waals surface area contributed by atoms with Crippen LogP contribution in [0.2, 0.25) is 0 Å². The summed E-state index contributed by atoms with van der Waals surface area (Å²) in [5, 5.41) is 9.66. The van der Waals surface area contributed by atoms with E-state index in [1.165, 1.54) is 19.3 Å². The van der Waals surface area contributed by atoms with E-state index in [-0.39, 0.29) is 26.2 Å². The SMILES string of the molecule is CCCC/C=C\C/C=C\CCCCCCCC(=O)OCC(O)COP(=O)(O)OCCN. The van der Waals surface area contributed by atoms with Gasteiger partial charge in [0.25, 0.3) is 0 Å². The fourth-order valence-electron chi connectivity index (χ4n) is 2.59. The van der Waals surface area contributed by atoms with Crippen molar-refractivity contribution in [3.63, 3.8) is 0 Å². The number of rotatable bonds is 21. The standard InChI is InChI=1S/C22H42NO7P/c1-2-3-4-5-6-7-8-9-10-11-12-13-14-15-16-22(25)28-19-21(24)20-30-31(26,27)29-18-17-23/h5-6,8-9,21,24H,2-4,7,10-20,23H2,1H3,(H,26,27)/b6-5-,9-8-. The van der Waals surface area contributed by atoms with E-state index in [2.05, 4.69) is 40.3 Å². The number of carbonyl (C=O) groups is 1. The zero-order chi connectivity index (χ0) is 23.2. The highest BCUT2D eigenvalue weighted by atomic mass is 31.2. The lowest BCUT2D eigenvalue weighted by Gasteiger charge is -2.15. The number of aliphatic hydroxyl groups is 1. The van der Waals surface area contributed by atoms with Crippen molar-refractivity contribution in [3.8, 4) is 0 Å². The first-order chi connectivity index (χ1) is 14.9. The van der Waals surface area contributed by atoms with Crippen LogP contribution in [0.3, 0.4) is 0 Å². The lowest BCUT2D eigenvalue weighted by atomic mass is 10.1. The second-order valence-corrected chi connectivity index (χ2v) is 8.80. The number of nitrogens with two attached hydrogens (primary N) is 1. The topological polar surface area (TPSA) is 128 Å². The molecule has 2 unspecified atom stereocenters. The number of aliphatic hydroxyl groups excluding tert-OH is 1. The second-order valence-electron chi connectivity index (χ2n) is 7.35. The Bertz CT molecular complexity index is 540. The van der Waals surface area contributed by atoms with E-state index in [0.717, 1.165) is 44.9 Å². The van der Waals surface area contributed by atoms with Crippen LogP contribution >= 0.6 is 7.82 Å². The van der Waals surface area contributed by atoms with Crippen LogP contribution in [0.5, 0.6) is 0 Å². The molecule has 0 saturated carbocycles. The first-order valence-corrected chi connectivity index (χ1v) is 12.9. The molecule has 0 saturated heterocycles. The van der Waals surface area contributed by atoms with Gasteiger partial charge in [-0.1, -0.05) is 63.3 Å². The van der Waals surface area contributed by atoms with Crippen LogP contribution in [0.15, 0.2) is 24.3 Å². The van der Waals surface area contributed by atoms with Crippen molar-refractivity contribution in [1.82, 2.24) is 0 Å². The maximum atomic E-state index is 11.7. The first-order valence-electron chi connectivity index (χ1n) is 11.4. The summed E-state index contributed by atoms with van der Waals surface area (Å²) in [6.07, 6.45) is 18.8. The summed E-state index contributed by atoms with van der Waals surface area (Å²) >= 11 is 0. The number of ether oxygens (including phenoxy) is 1. The Labute approximate surface area is 187 Å². The third kappa shape index (κ3) is 22.0. The van der Waals surface area contributed by atoms with Crippen LogP contribution in [0, 0.1) is 0 Å². The molecule has 2 atom stereocenters. The molecule has 0 aliphatic heterocycles. The summed E-state index contributed by atoms with van der Waals surface area (Å²) in [6, 6.07) is 0. The van der Waals surface area contributed by atoms with Gasteiger partial charge < -0.3 is 20.5 Å². The van der Waals surface area contributed by atoms with E-state index in [0.29, 0.717) is 0 Å². The molecule has 0 bridgehead atoms. The molecule has 0 radical (unpaired) electrons. The molecular weight excluding hydrogens is 421 g/mol. The van der Waals surface area contributed by atoms with Crippen LogP contribution in [-0.4, -0.2) is 48.4 Å². The molecule has 0 aliphatic rings. The molecule has 4 N–H and O–H groups in total. The molecule has 0 amide bonds. The average molecular weight is 464 g/mol. The molecule has 0 rings (SSSR count). The van der Waals surface area contributed by atoms with E-state index in [9.17, 15) is 19.4 Å². The van der Waals surface area contributed by atoms with Crippen molar-refractivity contribution in [1.29, 1.82) is 0 Å². The molecule has 9 heteroatoms. The molecule has 0 fully saturated rings. The van der Waals surface area contributed by atoms with Crippen molar-refractivity contribution in [2.45, 2.75) is 83.7 Å². The number of hydrogen-bond donors (Lipinski definition) is 3. The third-order valence-corrected chi connectivity index (χ3v) is 5.30. The lowest BCUT2D eigenvalue weighted by molar-refractivity contribution is -0.147. The van der Waals surface area contributed by atoms with Gasteiger partial charge in [0.2, 0.25) is 0 Å². The minimum atomic E-state index is -4.24.